The van der Waals surface area contributed by atoms with Gasteiger partial charge in [0.05, 0.1) is 12.8 Å². The van der Waals surface area contributed by atoms with E-state index in [0.717, 1.165) is 50.6 Å². The summed E-state index contributed by atoms with van der Waals surface area (Å²) < 4.78 is 5.43. The van der Waals surface area contributed by atoms with Crippen molar-refractivity contribution in [1.82, 2.24) is 4.90 Å². The summed E-state index contributed by atoms with van der Waals surface area (Å²) in [5, 5.41) is 0. The van der Waals surface area contributed by atoms with Gasteiger partial charge in [-0.2, -0.15) is 0 Å². The average molecular weight is 247 g/mol. The van der Waals surface area contributed by atoms with Gasteiger partial charge in [-0.15, -0.1) is 0 Å². The molecule has 1 aromatic rings. The minimum absolute atomic E-state index is 0.336. The molecule has 1 aromatic heterocycles. The van der Waals surface area contributed by atoms with Crippen LogP contribution in [-0.4, -0.2) is 23.3 Å². The number of ketones is 1. The highest BCUT2D eigenvalue weighted by Gasteiger charge is 2.31. The fourth-order valence-corrected chi connectivity index (χ4v) is 2.95. The third kappa shape index (κ3) is 2.83. The van der Waals surface area contributed by atoms with E-state index in [9.17, 15) is 4.79 Å². The molecule has 18 heavy (non-hydrogen) atoms. The Kier molecular flexibility index (Phi) is 3.50. The number of carbonyl (C=O) groups is 1. The highest BCUT2D eigenvalue weighted by Crippen LogP contribution is 2.31. The van der Waals surface area contributed by atoms with Gasteiger partial charge in [-0.05, 0) is 50.8 Å². The van der Waals surface area contributed by atoms with E-state index in [0.29, 0.717) is 11.7 Å². The Morgan fingerprint density at radius 2 is 2.22 bits per heavy atom. The summed E-state index contributed by atoms with van der Waals surface area (Å²) >= 11 is 0. The highest BCUT2D eigenvalue weighted by molar-refractivity contribution is 5.82. The summed E-state index contributed by atoms with van der Waals surface area (Å²) in [6.07, 6.45) is 8.41. The van der Waals surface area contributed by atoms with Crippen LogP contribution in [0.1, 0.15) is 44.3 Å². The van der Waals surface area contributed by atoms with Gasteiger partial charge in [-0.3, -0.25) is 9.69 Å². The van der Waals surface area contributed by atoms with Crippen molar-refractivity contribution in [1.29, 1.82) is 0 Å². The number of hydrogen-bond acceptors (Lipinski definition) is 3. The first kappa shape index (κ1) is 12.0. The lowest BCUT2D eigenvalue weighted by Gasteiger charge is -2.22. The fraction of sp³-hybridized carbons (Fsp3) is 0.667. The molecule has 2 fully saturated rings. The van der Waals surface area contributed by atoms with E-state index in [1.54, 1.807) is 6.26 Å². The van der Waals surface area contributed by atoms with E-state index in [1.165, 1.54) is 12.8 Å². The Morgan fingerprint density at radius 1 is 1.33 bits per heavy atom. The molecule has 2 aliphatic rings. The summed E-state index contributed by atoms with van der Waals surface area (Å²) in [4.78, 5) is 14.1. The van der Waals surface area contributed by atoms with Crippen LogP contribution in [0.5, 0.6) is 0 Å². The molecule has 0 radical (unpaired) electrons. The van der Waals surface area contributed by atoms with E-state index < -0.39 is 0 Å². The van der Waals surface area contributed by atoms with Crippen molar-refractivity contribution in [3.8, 4) is 0 Å². The zero-order valence-corrected chi connectivity index (χ0v) is 10.8. The number of furan rings is 1. The van der Waals surface area contributed by atoms with Gasteiger partial charge in [-0.25, -0.2) is 0 Å². The van der Waals surface area contributed by atoms with Gasteiger partial charge in [0.15, 0.2) is 0 Å². The van der Waals surface area contributed by atoms with E-state index in [-0.39, 0.29) is 0 Å². The molecule has 0 saturated heterocycles. The largest absolute Gasteiger partial charge is 0.468 e. The molecule has 1 atom stereocenters. The Bertz CT molecular complexity index is 395. The zero-order chi connectivity index (χ0) is 12.4. The van der Waals surface area contributed by atoms with Crippen molar-refractivity contribution in [3.63, 3.8) is 0 Å². The molecule has 2 saturated carbocycles. The molecule has 3 heteroatoms. The molecule has 1 heterocycles. The molecule has 2 aliphatic carbocycles. The summed E-state index contributed by atoms with van der Waals surface area (Å²) in [5.74, 6) is 1.87. The van der Waals surface area contributed by atoms with Crippen molar-refractivity contribution in [2.24, 2.45) is 5.92 Å². The van der Waals surface area contributed by atoms with Crippen LogP contribution in [0.2, 0.25) is 0 Å². The minimum Gasteiger partial charge on any atom is -0.468 e. The third-order valence-corrected chi connectivity index (χ3v) is 4.20. The van der Waals surface area contributed by atoms with Crippen molar-refractivity contribution >= 4 is 5.78 Å². The Morgan fingerprint density at radius 3 is 2.83 bits per heavy atom. The quantitative estimate of drug-likeness (QED) is 0.774. The lowest BCUT2D eigenvalue weighted by Crippen LogP contribution is -2.28. The van der Waals surface area contributed by atoms with Gasteiger partial charge < -0.3 is 4.42 Å². The zero-order valence-electron chi connectivity index (χ0n) is 10.8. The topological polar surface area (TPSA) is 33.5 Å². The minimum atomic E-state index is 0.336. The molecule has 3 nitrogen and oxygen atoms in total. The highest BCUT2D eigenvalue weighted by atomic mass is 16.3. The van der Waals surface area contributed by atoms with Crippen LogP contribution in [0.15, 0.2) is 22.8 Å². The molecule has 0 aliphatic heterocycles. The van der Waals surface area contributed by atoms with Gasteiger partial charge in [0.2, 0.25) is 0 Å². The predicted octanol–water partition coefficient (Wildman–Crippen LogP) is 3.00. The second-order valence-corrected chi connectivity index (χ2v) is 5.63. The van der Waals surface area contributed by atoms with Gasteiger partial charge >= 0.3 is 0 Å². The Balaban J connectivity index is 1.52. The lowest BCUT2D eigenvalue weighted by molar-refractivity contribution is -0.120. The first-order valence-electron chi connectivity index (χ1n) is 7.12. The van der Waals surface area contributed by atoms with Crippen LogP contribution in [0.3, 0.4) is 0 Å². The fourth-order valence-electron chi connectivity index (χ4n) is 2.95. The van der Waals surface area contributed by atoms with Crippen molar-refractivity contribution < 1.29 is 9.21 Å². The molecule has 1 unspecified atom stereocenters. The maximum absolute atomic E-state index is 11.7. The molecule has 98 valence electrons. The van der Waals surface area contributed by atoms with Crippen molar-refractivity contribution in [3.05, 3.63) is 24.2 Å². The second kappa shape index (κ2) is 5.27. The summed E-state index contributed by atoms with van der Waals surface area (Å²) in [6, 6.07) is 4.71. The number of Topliss-reactive ketones (excluding diaryl/α,β-unsaturated/α-hetero) is 1. The van der Waals surface area contributed by atoms with Crippen LogP contribution in [0.4, 0.5) is 0 Å². The van der Waals surface area contributed by atoms with Crippen molar-refractivity contribution in [2.45, 2.75) is 51.1 Å². The number of carbonyl (C=O) groups excluding carboxylic acids is 1. The molecule has 0 aromatic carbocycles. The summed E-state index contributed by atoms with van der Waals surface area (Å²) in [5.41, 5.74) is 0. The SMILES string of the molecule is O=C1CCCC1CCN(Cc1ccco1)C1CC1. The maximum atomic E-state index is 11.7. The Hall–Kier alpha value is -1.09. The summed E-state index contributed by atoms with van der Waals surface area (Å²) in [7, 11) is 0. The average Bonchev–Trinajstić information content (AvgIpc) is 2.93. The molecule has 0 N–H and O–H groups in total. The smallest absolute Gasteiger partial charge is 0.136 e. The normalized spacial score (nSPS) is 24.1. The molecular formula is C15H21NO2. The van der Waals surface area contributed by atoms with Gasteiger partial charge in [0, 0.05) is 18.4 Å². The number of nitrogens with zero attached hydrogens (tertiary/aromatic N) is 1. The van der Waals surface area contributed by atoms with Crippen LogP contribution < -0.4 is 0 Å². The lowest BCUT2D eigenvalue weighted by atomic mass is 10.0. The molecule has 0 bridgehead atoms. The van der Waals surface area contributed by atoms with Crippen LogP contribution in [0.25, 0.3) is 0 Å². The monoisotopic (exact) mass is 247 g/mol. The van der Waals surface area contributed by atoms with E-state index in [1.807, 2.05) is 12.1 Å². The third-order valence-electron chi connectivity index (χ3n) is 4.20. The summed E-state index contributed by atoms with van der Waals surface area (Å²) in [6.45, 7) is 1.94. The first-order chi connectivity index (χ1) is 8.83. The molecule has 0 amide bonds. The number of hydrogen-bond donors (Lipinski definition) is 0. The van der Waals surface area contributed by atoms with E-state index in [4.69, 9.17) is 4.42 Å². The van der Waals surface area contributed by atoms with Gasteiger partial charge in [0.1, 0.15) is 11.5 Å². The predicted molar refractivity (Wildman–Crippen MR) is 69.1 cm³/mol. The van der Waals surface area contributed by atoms with Crippen LogP contribution in [0, 0.1) is 5.92 Å². The molecule has 0 spiro atoms. The van der Waals surface area contributed by atoms with E-state index >= 15 is 0 Å². The second-order valence-electron chi connectivity index (χ2n) is 5.63. The Labute approximate surface area is 108 Å². The van der Waals surface area contributed by atoms with Gasteiger partial charge in [-0.1, -0.05) is 0 Å². The standard InChI is InChI=1S/C15H21NO2/c17-15-5-1-3-12(15)8-9-16(13-6-7-13)11-14-4-2-10-18-14/h2,4,10,12-13H,1,3,5-9,11H2. The van der Waals surface area contributed by atoms with Gasteiger partial charge in [0.25, 0.3) is 0 Å². The number of rotatable bonds is 6. The van der Waals surface area contributed by atoms with Crippen LogP contribution >= 0.6 is 0 Å². The van der Waals surface area contributed by atoms with Crippen molar-refractivity contribution in [2.75, 3.05) is 6.54 Å². The van der Waals surface area contributed by atoms with E-state index in [2.05, 4.69) is 4.90 Å². The molecule has 3 rings (SSSR count). The maximum Gasteiger partial charge on any atom is 0.136 e. The van der Waals surface area contributed by atoms with Crippen LogP contribution in [-0.2, 0) is 11.3 Å². The molecular weight excluding hydrogens is 226 g/mol. The first-order valence-corrected chi connectivity index (χ1v) is 7.12.